The van der Waals surface area contributed by atoms with Crippen molar-refractivity contribution in [3.8, 4) is 33.4 Å². The van der Waals surface area contributed by atoms with Crippen LogP contribution in [0.1, 0.15) is 22.3 Å². The number of aliphatic carboxylic acids is 1. The standard InChI is InChI=1S/C31H29NO3S.Li.H/c1-21-8-6-7-11-26(21)28-20-25(24-14-12-23(13-15-24)22-9-4-3-5-10-22)16-17-27(28)30(33)32-29(31(34)35)18-19-36-2;;/h3-17,20,29H,18-19H2,1-2H3,(H,32,33)(H,34,35);;/t29-;;/m0../s1. The van der Waals surface area contributed by atoms with Gasteiger partial charge in [0.05, 0.1) is 0 Å². The number of rotatable bonds is 9. The molecule has 0 aliphatic rings. The van der Waals surface area contributed by atoms with Crippen molar-refractivity contribution in [1.29, 1.82) is 0 Å². The molecule has 0 unspecified atom stereocenters. The van der Waals surface area contributed by atoms with Crippen LogP contribution in [0.2, 0.25) is 0 Å². The van der Waals surface area contributed by atoms with Crippen LogP contribution in [0.4, 0.5) is 0 Å². The summed E-state index contributed by atoms with van der Waals surface area (Å²) in [7, 11) is 0. The van der Waals surface area contributed by atoms with Crippen molar-refractivity contribution in [3.05, 3.63) is 108 Å². The number of aryl methyl sites for hydroxylation is 1. The topological polar surface area (TPSA) is 66.4 Å². The zero-order chi connectivity index (χ0) is 25.5. The van der Waals surface area contributed by atoms with Gasteiger partial charge in [-0.05, 0) is 76.4 Å². The van der Waals surface area contributed by atoms with Gasteiger partial charge in [0, 0.05) is 5.56 Å². The molecule has 0 spiro atoms. The summed E-state index contributed by atoms with van der Waals surface area (Å²) in [6, 6.07) is 31.3. The number of carboxylic acid groups (broad SMARTS) is 1. The number of amides is 1. The Bertz CT molecular complexity index is 1360. The fraction of sp³-hybridized carbons (Fsp3) is 0.161. The number of carbonyl (C=O) groups is 2. The number of hydrogen-bond donors (Lipinski definition) is 2. The molecule has 4 rings (SSSR count). The van der Waals surface area contributed by atoms with Crippen LogP contribution < -0.4 is 5.32 Å². The van der Waals surface area contributed by atoms with E-state index >= 15 is 0 Å². The quantitative estimate of drug-likeness (QED) is 0.264. The minimum atomic E-state index is -1.02. The molecular weight excluding hydrogens is 473 g/mol. The second-order valence-electron chi connectivity index (χ2n) is 8.66. The van der Waals surface area contributed by atoms with Crippen molar-refractivity contribution in [3.63, 3.8) is 0 Å². The Labute approximate surface area is 234 Å². The van der Waals surface area contributed by atoms with Crippen molar-refractivity contribution in [2.45, 2.75) is 19.4 Å². The Morgan fingerprint density at radius 3 is 1.97 bits per heavy atom. The predicted molar refractivity (Wildman–Crippen MR) is 157 cm³/mol. The third-order valence-electron chi connectivity index (χ3n) is 6.24. The van der Waals surface area contributed by atoms with Crippen molar-refractivity contribution < 1.29 is 14.7 Å². The summed E-state index contributed by atoms with van der Waals surface area (Å²) >= 11 is 1.56. The molecule has 0 saturated carbocycles. The van der Waals surface area contributed by atoms with E-state index < -0.39 is 12.0 Å². The van der Waals surface area contributed by atoms with Gasteiger partial charge in [-0.1, -0.05) is 84.9 Å². The SMILES string of the molecule is CSCC[C@H](NC(=O)c1ccc(-c2ccc(-c3ccccc3)cc2)cc1-c1ccccc1C)C(=O)O.[LiH]. The van der Waals surface area contributed by atoms with Gasteiger partial charge in [-0.3, -0.25) is 4.79 Å². The van der Waals surface area contributed by atoms with Gasteiger partial charge in [0.15, 0.2) is 0 Å². The molecule has 0 saturated heterocycles. The summed E-state index contributed by atoms with van der Waals surface area (Å²) in [5.74, 6) is -0.752. The van der Waals surface area contributed by atoms with Crippen LogP contribution in [-0.2, 0) is 4.79 Å². The van der Waals surface area contributed by atoms with Crippen LogP contribution in [0.25, 0.3) is 33.4 Å². The molecule has 2 N–H and O–H groups in total. The van der Waals surface area contributed by atoms with Crippen molar-refractivity contribution in [2.75, 3.05) is 12.0 Å². The van der Waals surface area contributed by atoms with Crippen LogP contribution >= 0.6 is 11.8 Å². The molecular formula is C31H30LiNO3S. The van der Waals surface area contributed by atoms with E-state index in [2.05, 4.69) is 41.7 Å². The summed E-state index contributed by atoms with van der Waals surface area (Å²) < 4.78 is 0. The first kappa shape index (κ1) is 28.3. The number of nitrogens with one attached hydrogen (secondary N) is 1. The molecule has 37 heavy (non-hydrogen) atoms. The molecule has 1 atom stereocenters. The second kappa shape index (κ2) is 13.4. The fourth-order valence-corrected chi connectivity index (χ4v) is 4.71. The molecule has 6 heteroatoms. The van der Waals surface area contributed by atoms with Gasteiger partial charge in [0.25, 0.3) is 5.91 Å². The van der Waals surface area contributed by atoms with Crippen molar-refractivity contribution in [2.24, 2.45) is 0 Å². The van der Waals surface area contributed by atoms with Crippen LogP contribution in [-0.4, -0.2) is 53.9 Å². The van der Waals surface area contributed by atoms with E-state index in [4.69, 9.17) is 0 Å². The molecule has 0 bridgehead atoms. The maximum absolute atomic E-state index is 13.3. The predicted octanol–water partition coefficient (Wildman–Crippen LogP) is 6.28. The van der Waals surface area contributed by atoms with E-state index in [1.807, 2.05) is 67.8 Å². The Morgan fingerprint density at radius 2 is 1.35 bits per heavy atom. The van der Waals surface area contributed by atoms with E-state index in [0.717, 1.165) is 38.9 Å². The zero-order valence-electron chi connectivity index (χ0n) is 20.4. The van der Waals surface area contributed by atoms with Gasteiger partial charge in [-0.2, -0.15) is 11.8 Å². The third-order valence-corrected chi connectivity index (χ3v) is 6.88. The second-order valence-corrected chi connectivity index (χ2v) is 9.65. The summed E-state index contributed by atoms with van der Waals surface area (Å²) in [5.41, 5.74) is 7.56. The number of thioether (sulfide) groups is 1. The van der Waals surface area contributed by atoms with Gasteiger partial charge in [0.2, 0.25) is 0 Å². The molecule has 0 heterocycles. The van der Waals surface area contributed by atoms with Crippen LogP contribution in [0, 0.1) is 6.92 Å². The number of carboxylic acids is 1. The van der Waals surface area contributed by atoms with E-state index in [0.29, 0.717) is 17.7 Å². The normalized spacial score (nSPS) is 11.3. The summed E-state index contributed by atoms with van der Waals surface area (Å²) in [6.07, 6.45) is 2.29. The molecule has 4 aromatic carbocycles. The van der Waals surface area contributed by atoms with Crippen LogP contribution in [0.3, 0.4) is 0 Å². The number of hydrogen-bond acceptors (Lipinski definition) is 3. The molecule has 0 fully saturated rings. The molecule has 1 amide bonds. The summed E-state index contributed by atoms with van der Waals surface area (Å²) in [6.45, 7) is 2.01. The summed E-state index contributed by atoms with van der Waals surface area (Å²) in [4.78, 5) is 25.0. The Balaban J connectivity index is 0.00000380. The van der Waals surface area contributed by atoms with Gasteiger partial charge < -0.3 is 10.4 Å². The van der Waals surface area contributed by atoms with Gasteiger partial charge in [-0.15, -0.1) is 0 Å². The fourth-order valence-electron chi connectivity index (χ4n) is 4.23. The molecule has 184 valence electrons. The first-order valence-corrected chi connectivity index (χ1v) is 13.3. The van der Waals surface area contributed by atoms with E-state index in [1.54, 1.807) is 17.8 Å². The molecule has 0 aliphatic heterocycles. The van der Waals surface area contributed by atoms with Gasteiger partial charge in [-0.25, -0.2) is 4.79 Å². The van der Waals surface area contributed by atoms with E-state index in [-0.39, 0.29) is 24.8 Å². The monoisotopic (exact) mass is 503 g/mol. The zero-order valence-corrected chi connectivity index (χ0v) is 21.2. The Morgan fingerprint density at radius 1 is 0.784 bits per heavy atom. The van der Waals surface area contributed by atoms with Crippen molar-refractivity contribution in [1.82, 2.24) is 5.32 Å². The molecule has 4 nitrogen and oxygen atoms in total. The van der Waals surface area contributed by atoms with Gasteiger partial charge >= 0.3 is 24.8 Å². The van der Waals surface area contributed by atoms with Gasteiger partial charge in [0.1, 0.15) is 6.04 Å². The van der Waals surface area contributed by atoms with Crippen LogP contribution in [0.5, 0.6) is 0 Å². The average molecular weight is 504 g/mol. The van der Waals surface area contributed by atoms with Crippen molar-refractivity contribution >= 4 is 42.5 Å². The maximum atomic E-state index is 13.3. The molecule has 0 aromatic heterocycles. The molecule has 0 aliphatic carbocycles. The van der Waals surface area contributed by atoms with Crippen LogP contribution in [0.15, 0.2) is 97.1 Å². The number of benzene rings is 4. The Hall–Kier alpha value is -3.23. The third kappa shape index (κ3) is 6.96. The first-order chi connectivity index (χ1) is 17.5. The molecule has 4 aromatic rings. The number of carbonyl (C=O) groups excluding carboxylic acids is 1. The first-order valence-electron chi connectivity index (χ1n) is 11.9. The van der Waals surface area contributed by atoms with E-state index in [1.165, 1.54) is 0 Å². The van der Waals surface area contributed by atoms with E-state index in [9.17, 15) is 14.7 Å². The molecule has 0 radical (unpaired) electrons. The average Bonchev–Trinajstić information content (AvgIpc) is 2.91. The minimum absolute atomic E-state index is 0. The summed E-state index contributed by atoms with van der Waals surface area (Å²) in [5, 5.41) is 12.3. The Kier molecular flexibility index (Phi) is 10.2.